The van der Waals surface area contributed by atoms with Gasteiger partial charge >= 0.3 is 0 Å². The summed E-state index contributed by atoms with van der Waals surface area (Å²) in [6.07, 6.45) is 5.07. The van der Waals surface area contributed by atoms with Crippen LogP contribution in [0.25, 0.3) is 0 Å². The minimum absolute atomic E-state index is 0.0233. The predicted molar refractivity (Wildman–Crippen MR) is 93.2 cm³/mol. The summed E-state index contributed by atoms with van der Waals surface area (Å²) in [5.41, 5.74) is 2.08. The molecule has 4 nitrogen and oxygen atoms in total. The smallest absolute Gasteiger partial charge is 0.227 e. The van der Waals surface area contributed by atoms with Gasteiger partial charge in [0.15, 0.2) is 0 Å². The molecule has 0 aromatic heterocycles. The fourth-order valence-corrected chi connectivity index (χ4v) is 3.20. The monoisotopic (exact) mass is 316 g/mol. The third-order valence-corrected chi connectivity index (χ3v) is 4.67. The van der Waals surface area contributed by atoms with Gasteiger partial charge in [-0.2, -0.15) is 0 Å². The summed E-state index contributed by atoms with van der Waals surface area (Å²) < 4.78 is 0. The van der Waals surface area contributed by atoms with Gasteiger partial charge in [-0.05, 0) is 50.2 Å². The molecule has 0 aliphatic heterocycles. The number of benzene rings is 1. The first-order valence-corrected chi connectivity index (χ1v) is 8.82. The molecule has 0 radical (unpaired) electrons. The Balaban J connectivity index is 1.85. The molecule has 1 aromatic carbocycles. The SMILES string of the molecule is CCCNC(=O)C1CCC(C(=O)Nc2ccccc2CC)CC1. The standard InChI is InChI=1S/C19H28N2O2/c1-3-13-20-18(22)15-9-11-16(12-10-15)19(23)21-17-8-6-5-7-14(17)4-2/h5-8,15-16H,3-4,9-13H2,1-2H3,(H,20,22)(H,21,23). The summed E-state index contributed by atoms with van der Waals surface area (Å²) >= 11 is 0. The first kappa shape index (κ1) is 17.5. The predicted octanol–water partition coefficient (Wildman–Crippen LogP) is 3.52. The van der Waals surface area contributed by atoms with Gasteiger partial charge < -0.3 is 10.6 Å². The van der Waals surface area contributed by atoms with Crippen LogP contribution in [0, 0.1) is 11.8 Å². The third-order valence-electron chi connectivity index (χ3n) is 4.67. The van der Waals surface area contributed by atoms with E-state index in [-0.39, 0.29) is 23.7 Å². The summed E-state index contributed by atoms with van der Waals surface area (Å²) in [4.78, 5) is 24.5. The third kappa shape index (κ3) is 4.81. The Morgan fingerprint density at radius 3 is 2.22 bits per heavy atom. The molecule has 0 unspecified atom stereocenters. The van der Waals surface area contributed by atoms with E-state index in [9.17, 15) is 9.59 Å². The van der Waals surface area contributed by atoms with E-state index in [4.69, 9.17) is 0 Å². The van der Waals surface area contributed by atoms with Gasteiger partial charge in [-0.25, -0.2) is 0 Å². The van der Waals surface area contributed by atoms with Crippen molar-refractivity contribution in [1.82, 2.24) is 5.32 Å². The minimum Gasteiger partial charge on any atom is -0.356 e. The number of carbonyl (C=O) groups excluding carboxylic acids is 2. The molecule has 0 heterocycles. The number of anilines is 1. The van der Waals surface area contributed by atoms with Crippen LogP contribution in [0.1, 0.15) is 51.5 Å². The van der Waals surface area contributed by atoms with Crippen molar-refractivity contribution in [2.75, 3.05) is 11.9 Å². The van der Waals surface area contributed by atoms with Crippen LogP contribution in [0.15, 0.2) is 24.3 Å². The van der Waals surface area contributed by atoms with E-state index in [1.54, 1.807) is 0 Å². The minimum atomic E-state index is 0.0233. The number of hydrogen-bond donors (Lipinski definition) is 2. The van der Waals surface area contributed by atoms with Crippen molar-refractivity contribution in [3.63, 3.8) is 0 Å². The zero-order valence-electron chi connectivity index (χ0n) is 14.2. The molecule has 1 saturated carbocycles. The summed E-state index contributed by atoms with van der Waals surface area (Å²) in [7, 11) is 0. The van der Waals surface area contributed by atoms with Crippen molar-refractivity contribution in [3.8, 4) is 0 Å². The number of hydrogen-bond acceptors (Lipinski definition) is 2. The van der Waals surface area contributed by atoms with Crippen molar-refractivity contribution in [3.05, 3.63) is 29.8 Å². The molecule has 1 fully saturated rings. The molecule has 23 heavy (non-hydrogen) atoms. The fourth-order valence-electron chi connectivity index (χ4n) is 3.20. The Bertz CT molecular complexity index is 534. The van der Waals surface area contributed by atoms with Crippen LogP contribution in [0.2, 0.25) is 0 Å². The molecular weight excluding hydrogens is 288 g/mol. The molecule has 2 amide bonds. The largest absolute Gasteiger partial charge is 0.356 e. The highest BCUT2D eigenvalue weighted by molar-refractivity contribution is 5.93. The van der Waals surface area contributed by atoms with Gasteiger partial charge in [-0.1, -0.05) is 32.0 Å². The lowest BCUT2D eigenvalue weighted by Crippen LogP contribution is -2.35. The van der Waals surface area contributed by atoms with E-state index >= 15 is 0 Å². The molecule has 1 aliphatic carbocycles. The van der Waals surface area contributed by atoms with Crippen LogP contribution >= 0.6 is 0 Å². The zero-order valence-corrected chi connectivity index (χ0v) is 14.2. The number of amides is 2. The van der Waals surface area contributed by atoms with Gasteiger partial charge in [-0.3, -0.25) is 9.59 Å². The highest BCUT2D eigenvalue weighted by Gasteiger charge is 2.29. The lowest BCUT2D eigenvalue weighted by atomic mass is 9.81. The summed E-state index contributed by atoms with van der Waals surface area (Å²) in [6, 6.07) is 7.95. The average Bonchev–Trinajstić information content (AvgIpc) is 2.60. The molecule has 1 aromatic rings. The van der Waals surface area contributed by atoms with Crippen LogP contribution in [0.4, 0.5) is 5.69 Å². The van der Waals surface area contributed by atoms with E-state index in [1.165, 1.54) is 0 Å². The van der Waals surface area contributed by atoms with Gasteiger partial charge in [-0.15, -0.1) is 0 Å². The Hall–Kier alpha value is -1.84. The van der Waals surface area contributed by atoms with Gasteiger partial charge in [0.2, 0.25) is 11.8 Å². The lowest BCUT2D eigenvalue weighted by Gasteiger charge is -2.27. The summed E-state index contributed by atoms with van der Waals surface area (Å²) in [6.45, 7) is 4.88. The van der Waals surface area contributed by atoms with Crippen molar-refractivity contribution in [2.24, 2.45) is 11.8 Å². The molecular formula is C19H28N2O2. The molecule has 126 valence electrons. The quantitative estimate of drug-likeness (QED) is 0.843. The molecule has 1 aliphatic rings. The second-order valence-corrected chi connectivity index (χ2v) is 6.34. The van der Waals surface area contributed by atoms with Gasteiger partial charge in [0.25, 0.3) is 0 Å². The van der Waals surface area contributed by atoms with Crippen LogP contribution in [0.3, 0.4) is 0 Å². The van der Waals surface area contributed by atoms with Crippen LogP contribution in [-0.4, -0.2) is 18.4 Å². The van der Waals surface area contributed by atoms with Crippen LogP contribution < -0.4 is 10.6 Å². The molecule has 0 spiro atoms. The van der Waals surface area contributed by atoms with E-state index in [2.05, 4.69) is 24.5 Å². The lowest BCUT2D eigenvalue weighted by molar-refractivity contribution is -0.128. The summed E-state index contributed by atoms with van der Waals surface area (Å²) in [5, 5.41) is 6.03. The van der Waals surface area contributed by atoms with Crippen molar-refractivity contribution in [1.29, 1.82) is 0 Å². The maximum absolute atomic E-state index is 12.5. The normalized spacial score (nSPS) is 20.8. The Morgan fingerprint density at radius 1 is 1.00 bits per heavy atom. The average molecular weight is 316 g/mol. The Labute approximate surface area is 139 Å². The van der Waals surface area contributed by atoms with E-state index < -0.39 is 0 Å². The Morgan fingerprint density at radius 2 is 1.61 bits per heavy atom. The van der Waals surface area contributed by atoms with Gasteiger partial charge in [0.05, 0.1) is 0 Å². The highest BCUT2D eigenvalue weighted by atomic mass is 16.2. The topological polar surface area (TPSA) is 58.2 Å². The number of aryl methyl sites for hydroxylation is 1. The first-order valence-electron chi connectivity index (χ1n) is 8.82. The number of nitrogens with one attached hydrogen (secondary N) is 2. The maximum Gasteiger partial charge on any atom is 0.227 e. The maximum atomic E-state index is 12.5. The van der Waals surface area contributed by atoms with Gasteiger partial charge in [0, 0.05) is 24.1 Å². The van der Waals surface area contributed by atoms with Crippen LogP contribution in [0.5, 0.6) is 0 Å². The molecule has 0 saturated heterocycles. The van der Waals surface area contributed by atoms with E-state index in [0.29, 0.717) is 0 Å². The van der Waals surface area contributed by atoms with Crippen molar-refractivity contribution >= 4 is 17.5 Å². The highest BCUT2D eigenvalue weighted by Crippen LogP contribution is 2.30. The molecule has 0 bridgehead atoms. The second-order valence-electron chi connectivity index (χ2n) is 6.34. The van der Waals surface area contributed by atoms with Crippen LogP contribution in [-0.2, 0) is 16.0 Å². The molecule has 2 rings (SSSR count). The molecule has 2 N–H and O–H groups in total. The van der Waals surface area contributed by atoms with Crippen molar-refractivity contribution < 1.29 is 9.59 Å². The first-order chi connectivity index (χ1) is 11.2. The zero-order chi connectivity index (χ0) is 16.7. The Kier molecular flexibility index (Phi) is 6.63. The fraction of sp³-hybridized carbons (Fsp3) is 0.579. The number of carbonyl (C=O) groups is 2. The molecule has 4 heteroatoms. The van der Waals surface area contributed by atoms with Gasteiger partial charge in [0.1, 0.15) is 0 Å². The molecule has 0 atom stereocenters. The number of rotatable bonds is 6. The van der Waals surface area contributed by atoms with E-state index in [1.807, 2.05) is 24.3 Å². The number of para-hydroxylation sites is 1. The van der Waals surface area contributed by atoms with Crippen molar-refractivity contribution in [2.45, 2.75) is 52.4 Å². The summed E-state index contributed by atoms with van der Waals surface area (Å²) in [5.74, 6) is 0.351. The van der Waals surface area contributed by atoms with E-state index in [0.717, 1.165) is 56.3 Å². The second kappa shape index (κ2) is 8.70.